The van der Waals surface area contributed by atoms with Crippen molar-refractivity contribution in [2.75, 3.05) is 0 Å². The molecular weight excluding hydrogens is 223 g/mol. The van der Waals surface area contributed by atoms with Gasteiger partial charge in [0.2, 0.25) is 5.95 Å². The van der Waals surface area contributed by atoms with Gasteiger partial charge in [-0.3, -0.25) is 4.79 Å². The predicted octanol–water partition coefficient (Wildman–Crippen LogP) is 2.24. The number of hydrogen-bond donors (Lipinski definition) is 1. The van der Waals surface area contributed by atoms with Crippen molar-refractivity contribution < 1.29 is 23.1 Å². The Kier molecular flexibility index (Phi) is 2.95. The van der Waals surface area contributed by atoms with E-state index in [0.29, 0.717) is 6.07 Å². The van der Waals surface area contributed by atoms with E-state index in [1.165, 1.54) is 0 Å². The van der Waals surface area contributed by atoms with E-state index in [1.54, 1.807) is 0 Å². The molecule has 0 fully saturated rings. The second-order valence-corrected chi connectivity index (χ2v) is 2.65. The molecule has 0 aliphatic heterocycles. The summed E-state index contributed by atoms with van der Waals surface area (Å²) in [6.07, 6.45) is -3.11. The smallest absolute Gasteiger partial charge is 0.274 e. The fourth-order valence-electron chi connectivity index (χ4n) is 0.829. The minimum Gasteiger partial charge on any atom is -0.505 e. The van der Waals surface area contributed by atoms with Gasteiger partial charge in [-0.05, 0) is 11.6 Å². The maximum absolute atomic E-state index is 12.6. The van der Waals surface area contributed by atoms with Gasteiger partial charge >= 0.3 is 0 Å². The number of nitrogens with zero attached hydrogens (tertiary/aromatic N) is 1. The second kappa shape index (κ2) is 3.83. The fraction of sp³-hybridized carbons (Fsp3) is 0.143. The minimum absolute atomic E-state index is 0.337. The molecule has 1 aromatic heterocycles. The number of pyridine rings is 1. The minimum atomic E-state index is -3.11. The van der Waals surface area contributed by atoms with Gasteiger partial charge in [-0.15, -0.1) is 0 Å². The third-order valence-electron chi connectivity index (χ3n) is 1.41. The van der Waals surface area contributed by atoms with E-state index in [4.69, 9.17) is 16.7 Å². The molecule has 0 unspecified atom stereocenters. The Bertz CT molecular complexity index is 383. The van der Waals surface area contributed by atoms with Crippen molar-refractivity contribution in [2.45, 2.75) is 6.43 Å². The van der Waals surface area contributed by atoms with Gasteiger partial charge in [-0.1, -0.05) is 0 Å². The standard InChI is InChI=1S/C7H3ClF3NO2/c8-6(14)4-5(13)2(7(10)11)1-3(9)12-4/h1,7,13H. The third-order valence-corrected chi connectivity index (χ3v) is 1.59. The third kappa shape index (κ3) is 1.95. The average molecular weight is 226 g/mol. The van der Waals surface area contributed by atoms with E-state index < -0.39 is 34.6 Å². The first-order valence-electron chi connectivity index (χ1n) is 3.31. The molecule has 0 saturated heterocycles. The van der Waals surface area contributed by atoms with Crippen LogP contribution in [0.2, 0.25) is 0 Å². The van der Waals surface area contributed by atoms with E-state index in [9.17, 15) is 18.0 Å². The number of aromatic nitrogens is 1. The van der Waals surface area contributed by atoms with E-state index in [1.807, 2.05) is 0 Å². The summed E-state index contributed by atoms with van der Waals surface area (Å²) in [5.74, 6) is -2.40. The molecule has 0 aliphatic carbocycles. The van der Waals surface area contributed by atoms with E-state index in [2.05, 4.69) is 4.98 Å². The number of halogens is 4. The van der Waals surface area contributed by atoms with Gasteiger partial charge in [0.15, 0.2) is 11.4 Å². The summed E-state index contributed by atoms with van der Waals surface area (Å²) in [6.45, 7) is 0. The highest BCUT2D eigenvalue weighted by Crippen LogP contribution is 2.31. The quantitative estimate of drug-likeness (QED) is 0.620. The topological polar surface area (TPSA) is 50.2 Å². The van der Waals surface area contributed by atoms with Crippen LogP contribution in [-0.2, 0) is 0 Å². The zero-order valence-electron chi connectivity index (χ0n) is 6.47. The predicted molar refractivity (Wildman–Crippen MR) is 41.0 cm³/mol. The Morgan fingerprint density at radius 2 is 2.14 bits per heavy atom. The number of rotatable bonds is 2. The lowest BCUT2D eigenvalue weighted by molar-refractivity contribution is 0.107. The van der Waals surface area contributed by atoms with E-state index in [-0.39, 0.29) is 0 Å². The van der Waals surface area contributed by atoms with Crippen LogP contribution in [0.1, 0.15) is 22.5 Å². The zero-order valence-corrected chi connectivity index (χ0v) is 7.23. The zero-order chi connectivity index (χ0) is 10.9. The first-order chi connectivity index (χ1) is 6.43. The number of aromatic hydroxyl groups is 1. The van der Waals surface area contributed by atoms with Gasteiger partial charge in [0.05, 0.1) is 5.56 Å². The van der Waals surface area contributed by atoms with Crippen molar-refractivity contribution in [3.8, 4) is 5.75 Å². The summed E-state index contributed by atoms with van der Waals surface area (Å²) in [5.41, 5.74) is -1.93. The summed E-state index contributed by atoms with van der Waals surface area (Å²) < 4.78 is 36.8. The Morgan fingerprint density at radius 3 is 2.57 bits per heavy atom. The Hall–Kier alpha value is -1.30. The molecule has 0 atom stereocenters. The lowest BCUT2D eigenvalue weighted by Crippen LogP contribution is -2.01. The molecule has 1 rings (SSSR count). The van der Waals surface area contributed by atoms with Gasteiger partial charge in [0.1, 0.15) is 0 Å². The van der Waals surface area contributed by atoms with Crippen LogP contribution in [0.15, 0.2) is 6.07 Å². The lowest BCUT2D eigenvalue weighted by Gasteiger charge is -2.05. The van der Waals surface area contributed by atoms with Crippen LogP contribution in [0, 0.1) is 5.95 Å². The van der Waals surface area contributed by atoms with Crippen LogP contribution < -0.4 is 0 Å². The van der Waals surface area contributed by atoms with Crippen LogP contribution in [-0.4, -0.2) is 15.3 Å². The maximum Gasteiger partial charge on any atom is 0.274 e. The molecule has 1 N–H and O–H groups in total. The van der Waals surface area contributed by atoms with E-state index in [0.717, 1.165) is 0 Å². The number of alkyl halides is 2. The number of hydrogen-bond acceptors (Lipinski definition) is 3. The SMILES string of the molecule is O=C(Cl)c1nc(F)cc(C(F)F)c1O. The Morgan fingerprint density at radius 1 is 1.57 bits per heavy atom. The summed E-state index contributed by atoms with van der Waals surface area (Å²) in [4.78, 5) is 13.4. The number of carbonyl (C=O) groups excluding carboxylic acids is 1. The molecule has 1 aromatic rings. The molecule has 0 saturated carbocycles. The lowest BCUT2D eigenvalue weighted by atomic mass is 10.2. The molecule has 0 bridgehead atoms. The van der Waals surface area contributed by atoms with Gasteiger partial charge < -0.3 is 5.11 Å². The molecule has 7 heteroatoms. The van der Waals surface area contributed by atoms with Crippen molar-refractivity contribution in [1.82, 2.24) is 4.98 Å². The van der Waals surface area contributed by atoms with Crippen molar-refractivity contribution >= 4 is 16.8 Å². The molecule has 0 amide bonds. The molecular formula is C7H3ClF3NO2. The van der Waals surface area contributed by atoms with Crippen LogP contribution in [0.5, 0.6) is 5.75 Å². The molecule has 3 nitrogen and oxygen atoms in total. The molecule has 0 radical (unpaired) electrons. The average Bonchev–Trinajstić information content (AvgIpc) is 2.07. The second-order valence-electron chi connectivity index (χ2n) is 2.31. The highest BCUT2D eigenvalue weighted by molar-refractivity contribution is 6.67. The van der Waals surface area contributed by atoms with Crippen LogP contribution in [0.4, 0.5) is 13.2 Å². The molecule has 1 heterocycles. The van der Waals surface area contributed by atoms with Gasteiger partial charge in [-0.25, -0.2) is 13.8 Å². The van der Waals surface area contributed by atoms with Crippen molar-refractivity contribution in [2.24, 2.45) is 0 Å². The monoisotopic (exact) mass is 225 g/mol. The van der Waals surface area contributed by atoms with Crippen LogP contribution in [0.25, 0.3) is 0 Å². The van der Waals surface area contributed by atoms with Crippen molar-refractivity contribution in [3.63, 3.8) is 0 Å². The van der Waals surface area contributed by atoms with Crippen molar-refractivity contribution in [3.05, 3.63) is 23.3 Å². The Labute approximate surface area is 81.1 Å². The summed E-state index contributed by atoms with van der Waals surface area (Å²) >= 11 is 4.88. The fourth-order valence-corrected chi connectivity index (χ4v) is 0.961. The molecule has 0 spiro atoms. The van der Waals surface area contributed by atoms with Crippen LogP contribution in [0.3, 0.4) is 0 Å². The molecule has 14 heavy (non-hydrogen) atoms. The normalized spacial score (nSPS) is 10.6. The highest BCUT2D eigenvalue weighted by Gasteiger charge is 2.22. The molecule has 76 valence electrons. The van der Waals surface area contributed by atoms with Crippen molar-refractivity contribution in [1.29, 1.82) is 0 Å². The first-order valence-corrected chi connectivity index (χ1v) is 3.68. The number of carbonyl (C=O) groups is 1. The Balaban J connectivity index is 3.40. The van der Waals surface area contributed by atoms with Gasteiger partial charge in [-0.2, -0.15) is 4.39 Å². The summed E-state index contributed by atoms with van der Waals surface area (Å²) in [7, 11) is 0. The maximum atomic E-state index is 12.6. The van der Waals surface area contributed by atoms with E-state index >= 15 is 0 Å². The van der Waals surface area contributed by atoms with Gasteiger partial charge in [0, 0.05) is 6.07 Å². The summed E-state index contributed by atoms with van der Waals surface area (Å²) in [6, 6.07) is 0.337. The molecule has 0 aromatic carbocycles. The molecule has 0 aliphatic rings. The van der Waals surface area contributed by atoms with Crippen LogP contribution >= 0.6 is 11.6 Å². The van der Waals surface area contributed by atoms with Gasteiger partial charge in [0.25, 0.3) is 11.7 Å². The summed E-state index contributed by atoms with van der Waals surface area (Å²) in [5, 5.41) is 7.74. The largest absolute Gasteiger partial charge is 0.505 e. The first kappa shape index (κ1) is 10.8. The highest BCUT2D eigenvalue weighted by atomic mass is 35.5.